The Morgan fingerprint density at radius 1 is 0.402 bits per heavy atom. The molecule has 0 spiro atoms. The van der Waals surface area contributed by atoms with Gasteiger partial charge in [-0.25, -0.2) is 4.39 Å². The van der Waals surface area contributed by atoms with E-state index in [0.717, 1.165) is 79.3 Å². The first kappa shape index (κ1) is 95.2. The highest BCUT2D eigenvalue weighted by Crippen LogP contribution is 2.40. The molecule has 0 saturated heterocycles. The number of nitrogens with zero attached hydrogens (tertiary/aromatic N) is 11. The quantitative estimate of drug-likeness (QED) is 0.0203. The van der Waals surface area contributed by atoms with E-state index >= 15 is 0 Å². The fourth-order valence-corrected chi connectivity index (χ4v) is 15.1. The third-order valence-electron chi connectivity index (χ3n) is 21.6. The summed E-state index contributed by atoms with van der Waals surface area (Å²) in [7, 11) is 10.1. The number of hydrogen-bond acceptors (Lipinski definition) is 22. The monoisotopic (exact) mass is 1780 g/mol. The van der Waals surface area contributed by atoms with Crippen molar-refractivity contribution in [1.82, 2.24) is 59.1 Å². The molecule has 0 fully saturated rings. The van der Waals surface area contributed by atoms with Crippen molar-refractivity contribution in [2.75, 3.05) is 80.5 Å². The van der Waals surface area contributed by atoms with Crippen LogP contribution in [-0.2, 0) is 68.5 Å². The van der Waals surface area contributed by atoms with Gasteiger partial charge in [-0.2, -0.15) is 26.0 Å². The molecular formula is C99H98FN19O13. The maximum atomic E-state index is 14.3. The zero-order chi connectivity index (χ0) is 94.2. The number of ether oxygens (including phenoxy) is 2. The first-order valence-corrected chi connectivity index (χ1v) is 42.2. The summed E-state index contributed by atoms with van der Waals surface area (Å²) in [5.74, 6) is -1.52. The number of hydrogen-bond donors (Lipinski definition) is 11. The summed E-state index contributed by atoms with van der Waals surface area (Å²) in [6.07, 6.45) is 11.2. The maximum Gasteiger partial charge on any atom is 0.263 e. The van der Waals surface area contributed by atoms with E-state index in [1.165, 1.54) is 49.6 Å². The van der Waals surface area contributed by atoms with Crippen molar-refractivity contribution in [1.29, 1.82) is 15.8 Å². The topological polar surface area (TPSA) is 439 Å². The third kappa shape index (κ3) is 22.4. The van der Waals surface area contributed by atoms with Gasteiger partial charge in [-0.3, -0.25) is 47.7 Å². The number of pyridine rings is 4. The van der Waals surface area contributed by atoms with Crippen LogP contribution in [0.2, 0.25) is 0 Å². The Bertz CT molecular complexity index is 7070. The Labute approximate surface area is 758 Å². The van der Waals surface area contributed by atoms with Crippen LogP contribution in [-0.4, -0.2) is 136 Å². The summed E-state index contributed by atoms with van der Waals surface area (Å²) < 4.78 is 34.5. The molecule has 15 rings (SSSR count). The van der Waals surface area contributed by atoms with Crippen LogP contribution < -0.4 is 74.2 Å². The summed E-state index contributed by atoms with van der Waals surface area (Å²) in [6, 6.07) is 56.8. The molecule has 32 nitrogen and oxygen atoms in total. The molecule has 0 atom stereocenters. The number of amides is 4. The average molecular weight is 1780 g/mol. The van der Waals surface area contributed by atoms with Gasteiger partial charge in [0, 0.05) is 152 Å². The van der Waals surface area contributed by atoms with Crippen LogP contribution in [0.3, 0.4) is 0 Å². The molecular weight excluding hydrogens is 1680 g/mol. The van der Waals surface area contributed by atoms with Gasteiger partial charge >= 0.3 is 0 Å². The average Bonchev–Trinajstić information content (AvgIpc) is 1.62. The van der Waals surface area contributed by atoms with E-state index in [9.17, 15) is 58.5 Å². The lowest BCUT2D eigenvalue weighted by Gasteiger charge is -2.19. The van der Waals surface area contributed by atoms with E-state index in [2.05, 4.69) is 71.8 Å². The Morgan fingerprint density at radius 3 is 1.14 bits per heavy atom. The van der Waals surface area contributed by atoms with Crippen molar-refractivity contribution < 1.29 is 48.4 Å². The number of carbonyl (C=O) groups is 4. The number of halogens is 1. The zero-order valence-corrected chi connectivity index (χ0v) is 73.8. The molecule has 0 aliphatic carbocycles. The van der Waals surface area contributed by atoms with Gasteiger partial charge in [-0.05, 0) is 149 Å². The van der Waals surface area contributed by atoms with Gasteiger partial charge in [-0.15, -0.1) is 0 Å². The second-order valence-electron chi connectivity index (χ2n) is 30.8. The second kappa shape index (κ2) is 44.7. The Balaban J connectivity index is 0.000000159. The summed E-state index contributed by atoms with van der Waals surface area (Å²) in [5.41, 5.74) is 11.8. The Morgan fingerprint density at radius 2 is 0.735 bits per heavy atom. The SMILES string of the molecule is CCCNCc1cc(C(=O)Nc2cccc(-c3ccc4c(c3)OCCO4)c2C#N)c(=O)n(C)c1.Cc1c(NC(=O)c2cc(CNCCO)cn(C)c2=O)cccc1-c1cccc2c1cnn2C.Cn1cc(CNCCO)cc(C(=O)Nc2cccc(-c3cccc4c3cnn4C)c2C#N)c1=O.Cn1cc(CNCCO)cc(C(=O)Nc2cccc(-c3ccccc3F)c2C#N)c1=O. The fraction of sp³-hybridized carbons (Fsp3) is 0.222. The molecule has 6 aromatic heterocycles. The van der Waals surface area contributed by atoms with Crippen LogP contribution in [0.15, 0.2) is 232 Å². The number of aliphatic hydroxyl groups excluding tert-OH is 3. The van der Waals surface area contributed by atoms with Crippen LogP contribution in [0.25, 0.3) is 66.3 Å². The zero-order valence-electron chi connectivity index (χ0n) is 73.8. The smallest absolute Gasteiger partial charge is 0.263 e. The molecule has 0 unspecified atom stereocenters. The standard InChI is InChI=1S/C26H26N4O4.C25H24N6O3.C25H27N5O3.C23H21FN4O3/c1-3-9-28-15-17-12-20(26(32)30(2)16-17)25(31)29-22-6-4-5-19(21(22)14-27)18-7-8-23-24(13-18)34-11-10-33-23;1-30-15-16(13-27-9-10-32)11-19(25(30)34)24(33)29-22-7-3-5-17(20(22)12-26)18-6-4-8-23-21(18)14-28-31(23)2;1-16-18(19-7-5-9-23-21(19)14-27-30(23)3)6-4-8-22(16)28-24(32)20-12-17(13-26-10-11-31)15-29(2)25(20)33;1-28-14-15(13-26-9-10-29)11-18(23(28)31)22(30)27-21-8-4-6-16(19(21)12-25)17-5-2-3-7-20(17)24/h4-8,12-13,16,28H,3,9-11,15H2,1-2H3,(H,29,31);3-8,11,14-15,27,32H,9-10,13H2,1-2H3,(H,29,33);4-9,12,14-15,26,31H,10-11,13H2,1-3H3,(H,28,32);2-8,11,14,26,29H,9-10,13H2,1H3,(H,27,30). The molecule has 0 bridgehead atoms. The summed E-state index contributed by atoms with van der Waals surface area (Å²) in [6.45, 7) is 8.72. The molecule has 4 amide bonds. The predicted molar refractivity (Wildman–Crippen MR) is 503 cm³/mol. The van der Waals surface area contributed by atoms with E-state index in [1.807, 2.05) is 111 Å². The van der Waals surface area contributed by atoms with Crippen LogP contribution in [0.4, 0.5) is 27.1 Å². The number of fused-ring (bicyclic) bond motifs is 3. The fourth-order valence-electron chi connectivity index (χ4n) is 15.1. The lowest BCUT2D eigenvalue weighted by atomic mass is 9.96. The first-order chi connectivity index (χ1) is 63.8. The highest BCUT2D eigenvalue weighted by atomic mass is 19.1. The van der Waals surface area contributed by atoms with Crippen molar-refractivity contribution >= 4 is 68.2 Å². The molecule has 0 saturated carbocycles. The molecule has 1 aliphatic heterocycles. The molecule has 33 heteroatoms. The molecule has 11 N–H and O–H groups in total. The minimum atomic E-state index is -0.674. The largest absolute Gasteiger partial charge is 0.486 e. The lowest BCUT2D eigenvalue weighted by molar-refractivity contribution is 0.101. The van der Waals surface area contributed by atoms with Crippen LogP contribution in [0.5, 0.6) is 11.5 Å². The number of aromatic nitrogens is 8. The molecule has 14 aromatic rings. The number of anilines is 4. The summed E-state index contributed by atoms with van der Waals surface area (Å²) in [5, 5.41) is 90.3. The Hall–Kier alpha value is -15.9. The third-order valence-corrected chi connectivity index (χ3v) is 21.6. The first-order valence-electron chi connectivity index (χ1n) is 42.2. The van der Waals surface area contributed by atoms with Gasteiger partial charge in [0.05, 0.1) is 77.0 Å². The highest BCUT2D eigenvalue weighted by Gasteiger charge is 2.25. The molecule has 8 aromatic carbocycles. The minimum Gasteiger partial charge on any atom is -0.486 e. The lowest BCUT2D eigenvalue weighted by Crippen LogP contribution is -2.29. The van der Waals surface area contributed by atoms with E-state index < -0.39 is 46.1 Å². The van der Waals surface area contributed by atoms with E-state index in [1.54, 1.807) is 136 Å². The summed E-state index contributed by atoms with van der Waals surface area (Å²) >= 11 is 0. The van der Waals surface area contributed by atoms with E-state index in [0.29, 0.717) is 121 Å². The predicted octanol–water partition coefficient (Wildman–Crippen LogP) is 10.6. The minimum absolute atomic E-state index is 0.0147. The molecule has 674 valence electrons. The molecule has 7 heterocycles. The van der Waals surface area contributed by atoms with Gasteiger partial charge in [-0.1, -0.05) is 104 Å². The van der Waals surface area contributed by atoms with Crippen molar-refractivity contribution in [3.8, 4) is 74.2 Å². The van der Waals surface area contributed by atoms with Crippen LogP contribution in [0, 0.1) is 46.7 Å². The van der Waals surface area contributed by atoms with Crippen molar-refractivity contribution in [2.45, 2.75) is 46.4 Å². The van der Waals surface area contributed by atoms with Gasteiger partial charge < -0.3 is 85.6 Å². The van der Waals surface area contributed by atoms with Crippen molar-refractivity contribution in [3.05, 3.63) is 327 Å². The highest BCUT2D eigenvalue weighted by molar-refractivity contribution is 6.09. The van der Waals surface area contributed by atoms with Gasteiger partial charge in [0.2, 0.25) is 0 Å². The number of rotatable bonds is 28. The van der Waals surface area contributed by atoms with Crippen LogP contribution in [0.1, 0.15) is 99.3 Å². The van der Waals surface area contributed by atoms with Gasteiger partial charge in [0.25, 0.3) is 45.9 Å². The molecule has 1 aliphatic rings. The van der Waals surface area contributed by atoms with Crippen molar-refractivity contribution in [3.63, 3.8) is 0 Å². The maximum absolute atomic E-state index is 14.3. The number of benzene rings is 8. The number of aryl methyl sites for hydroxylation is 6. The number of carbonyl (C=O) groups excluding carboxylic acids is 4. The van der Waals surface area contributed by atoms with Gasteiger partial charge in [0.15, 0.2) is 11.5 Å². The van der Waals surface area contributed by atoms with E-state index in [-0.39, 0.29) is 64.4 Å². The number of nitriles is 3. The second-order valence-corrected chi connectivity index (χ2v) is 30.8. The molecule has 0 radical (unpaired) electrons. The van der Waals surface area contributed by atoms with Gasteiger partial charge in [0.1, 0.15) is 59.5 Å². The normalized spacial score (nSPS) is 11.2. The van der Waals surface area contributed by atoms with Crippen LogP contribution >= 0.6 is 0 Å². The summed E-state index contributed by atoms with van der Waals surface area (Å²) in [4.78, 5) is 103. The molecule has 132 heavy (non-hydrogen) atoms. The number of nitrogens with one attached hydrogen (secondary N) is 8. The number of aliphatic hydroxyl groups is 3. The van der Waals surface area contributed by atoms with E-state index in [4.69, 9.17) is 24.8 Å². The Kier molecular flexibility index (Phi) is 32.2. The van der Waals surface area contributed by atoms with Crippen molar-refractivity contribution in [2.24, 2.45) is 42.3 Å².